The Morgan fingerprint density at radius 3 is 2.60 bits per heavy atom. The van der Waals surface area contributed by atoms with Crippen LogP contribution in [0.5, 0.6) is 11.5 Å². The van der Waals surface area contributed by atoms with Crippen LogP contribution in [0.25, 0.3) is 0 Å². The second kappa shape index (κ2) is 5.86. The molecule has 2 aliphatic rings. The minimum atomic E-state index is 0.414. The van der Waals surface area contributed by atoms with Gasteiger partial charge in [-0.1, -0.05) is 20.8 Å². The number of nitrogens with one attached hydrogen (secondary N) is 1. The van der Waals surface area contributed by atoms with E-state index in [4.69, 9.17) is 9.47 Å². The Bertz CT molecular complexity index is 492. The fraction of sp³-hybridized carbons (Fsp3) is 0.625. The monoisotopic (exact) mass is 293 g/mol. The second-order valence-corrected chi connectivity index (χ2v) is 7.07. The average Bonchev–Trinajstić information content (AvgIpc) is 2.46. The van der Waals surface area contributed by atoms with Gasteiger partial charge in [0.25, 0.3) is 0 Å². The maximum Gasteiger partial charge on any atom is 0.162 e. The van der Waals surface area contributed by atoms with Crippen molar-refractivity contribution in [3.63, 3.8) is 0 Å². The van der Waals surface area contributed by atoms with E-state index < -0.39 is 0 Å². The van der Waals surface area contributed by atoms with Gasteiger partial charge in [-0.05, 0) is 36.6 Å². The maximum absolute atomic E-state index is 5.74. The molecule has 0 saturated carbocycles. The van der Waals surface area contributed by atoms with E-state index in [1.807, 2.05) is 11.8 Å². The third-order valence-corrected chi connectivity index (χ3v) is 5.61. The minimum absolute atomic E-state index is 0.414. The van der Waals surface area contributed by atoms with E-state index in [0.717, 1.165) is 24.5 Å². The molecule has 4 heteroatoms. The van der Waals surface area contributed by atoms with Crippen LogP contribution in [0.1, 0.15) is 38.8 Å². The molecule has 3 nitrogen and oxygen atoms in total. The van der Waals surface area contributed by atoms with Crippen LogP contribution >= 0.6 is 11.8 Å². The zero-order valence-corrected chi connectivity index (χ0v) is 13.3. The molecule has 0 radical (unpaired) electrons. The molecule has 1 aromatic rings. The summed E-state index contributed by atoms with van der Waals surface area (Å²) in [6.45, 7) is 9.22. The molecule has 1 aromatic carbocycles. The summed E-state index contributed by atoms with van der Waals surface area (Å²) in [7, 11) is 0. The minimum Gasteiger partial charge on any atom is -0.486 e. The van der Waals surface area contributed by atoms with E-state index in [9.17, 15) is 0 Å². The van der Waals surface area contributed by atoms with Crippen LogP contribution in [0, 0.1) is 5.92 Å². The van der Waals surface area contributed by atoms with Gasteiger partial charge in [0.15, 0.2) is 11.5 Å². The largest absolute Gasteiger partial charge is 0.486 e. The summed E-state index contributed by atoms with van der Waals surface area (Å²) >= 11 is 1.95. The highest BCUT2D eigenvalue weighted by molar-refractivity contribution is 8.00. The quantitative estimate of drug-likeness (QED) is 0.922. The molecule has 1 N–H and O–H groups in total. The number of benzene rings is 1. The second-order valence-electron chi connectivity index (χ2n) is 5.65. The van der Waals surface area contributed by atoms with Gasteiger partial charge >= 0.3 is 0 Å². The lowest BCUT2D eigenvalue weighted by Crippen LogP contribution is -2.35. The molecule has 0 saturated heterocycles. The summed E-state index contributed by atoms with van der Waals surface area (Å²) in [4.78, 5) is 1.34. The highest BCUT2D eigenvalue weighted by atomic mass is 32.2. The van der Waals surface area contributed by atoms with Crippen molar-refractivity contribution in [2.24, 2.45) is 5.92 Å². The number of ether oxygens (including phenoxy) is 2. The summed E-state index contributed by atoms with van der Waals surface area (Å²) in [6.07, 6.45) is 1.16. The standard InChI is InChI=1S/C16H23NO2S/c1-4-5-17-16-10(2)11(3)20-15-9-14-13(8-12(15)16)18-6-7-19-14/h8-11,16-17H,4-7H2,1-3H3. The van der Waals surface area contributed by atoms with E-state index in [1.165, 1.54) is 10.5 Å². The third-order valence-electron chi connectivity index (χ3n) is 4.20. The first-order chi connectivity index (χ1) is 9.70. The van der Waals surface area contributed by atoms with Gasteiger partial charge in [0.2, 0.25) is 0 Å². The van der Waals surface area contributed by atoms with Crippen molar-refractivity contribution in [3.8, 4) is 11.5 Å². The summed E-state index contributed by atoms with van der Waals surface area (Å²) in [5, 5.41) is 4.32. The lowest BCUT2D eigenvalue weighted by Gasteiger charge is -2.37. The van der Waals surface area contributed by atoms with Crippen molar-refractivity contribution in [3.05, 3.63) is 17.7 Å². The third kappa shape index (κ3) is 2.51. The molecule has 3 atom stereocenters. The van der Waals surface area contributed by atoms with Crippen molar-refractivity contribution in [1.82, 2.24) is 5.32 Å². The number of hydrogen-bond donors (Lipinski definition) is 1. The Labute approximate surface area is 125 Å². The van der Waals surface area contributed by atoms with E-state index in [0.29, 0.717) is 30.4 Å². The van der Waals surface area contributed by atoms with E-state index >= 15 is 0 Å². The smallest absolute Gasteiger partial charge is 0.162 e. The molecule has 3 unspecified atom stereocenters. The molecule has 20 heavy (non-hydrogen) atoms. The Morgan fingerprint density at radius 2 is 1.90 bits per heavy atom. The molecule has 0 bridgehead atoms. The highest BCUT2D eigenvalue weighted by Crippen LogP contribution is 2.48. The molecule has 3 rings (SSSR count). The molecule has 110 valence electrons. The molecule has 0 aliphatic carbocycles. The molecule has 2 heterocycles. The molecule has 0 aromatic heterocycles. The number of hydrogen-bond acceptors (Lipinski definition) is 4. The summed E-state index contributed by atoms with van der Waals surface area (Å²) in [5.74, 6) is 2.42. The van der Waals surface area contributed by atoms with Crippen molar-refractivity contribution in [2.45, 2.75) is 43.4 Å². The van der Waals surface area contributed by atoms with E-state index in [1.54, 1.807) is 0 Å². The van der Waals surface area contributed by atoms with Gasteiger partial charge in [0, 0.05) is 16.2 Å². The van der Waals surface area contributed by atoms with Gasteiger partial charge in [0.1, 0.15) is 13.2 Å². The van der Waals surface area contributed by atoms with Crippen molar-refractivity contribution < 1.29 is 9.47 Å². The Morgan fingerprint density at radius 1 is 1.20 bits per heavy atom. The summed E-state index contributed by atoms with van der Waals surface area (Å²) < 4.78 is 11.5. The number of thioether (sulfide) groups is 1. The highest BCUT2D eigenvalue weighted by Gasteiger charge is 2.33. The van der Waals surface area contributed by atoms with E-state index in [-0.39, 0.29) is 0 Å². The molecule has 0 spiro atoms. The number of fused-ring (bicyclic) bond motifs is 2. The first kappa shape index (κ1) is 14.1. The summed E-state index contributed by atoms with van der Waals surface area (Å²) in [5.41, 5.74) is 1.37. The van der Waals surface area contributed by atoms with Crippen LogP contribution in [-0.2, 0) is 0 Å². The molecular weight excluding hydrogens is 270 g/mol. The van der Waals surface area contributed by atoms with Crippen molar-refractivity contribution in [1.29, 1.82) is 0 Å². The zero-order valence-electron chi connectivity index (χ0n) is 12.4. The Hall–Kier alpha value is -0.870. The normalized spacial score (nSPS) is 28.1. The molecule has 0 fully saturated rings. The van der Waals surface area contributed by atoms with Gasteiger partial charge in [-0.3, -0.25) is 0 Å². The van der Waals surface area contributed by atoms with E-state index in [2.05, 4.69) is 38.2 Å². The average molecular weight is 293 g/mol. The molecule has 2 aliphatic heterocycles. The first-order valence-electron chi connectivity index (χ1n) is 7.54. The number of rotatable bonds is 3. The van der Waals surface area contributed by atoms with Crippen LogP contribution in [0.15, 0.2) is 17.0 Å². The van der Waals surface area contributed by atoms with Gasteiger partial charge < -0.3 is 14.8 Å². The van der Waals surface area contributed by atoms with Gasteiger partial charge in [-0.2, -0.15) is 0 Å². The zero-order chi connectivity index (χ0) is 14.1. The lowest BCUT2D eigenvalue weighted by atomic mass is 9.91. The molecule has 0 amide bonds. The van der Waals surface area contributed by atoms with Gasteiger partial charge in [-0.25, -0.2) is 0 Å². The van der Waals surface area contributed by atoms with Crippen LogP contribution in [0.2, 0.25) is 0 Å². The SMILES string of the molecule is CCCNC1c2cc3c(cc2SC(C)C1C)OCCO3. The predicted molar refractivity (Wildman–Crippen MR) is 82.9 cm³/mol. The van der Waals surface area contributed by atoms with Crippen LogP contribution in [-0.4, -0.2) is 25.0 Å². The van der Waals surface area contributed by atoms with Crippen LogP contribution in [0.4, 0.5) is 0 Å². The predicted octanol–water partition coefficient (Wildman–Crippen LogP) is 3.63. The summed E-state index contributed by atoms with van der Waals surface area (Å²) in [6, 6.07) is 4.77. The fourth-order valence-corrected chi connectivity index (χ4v) is 4.16. The maximum atomic E-state index is 5.74. The lowest BCUT2D eigenvalue weighted by molar-refractivity contribution is 0.170. The topological polar surface area (TPSA) is 30.5 Å². The Kier molecular flexibility index (Phi) is 4.13. The van der Waals surface area contributed by atoms with Crippen molar-refractivity contribution in [2.75, 3.05) is 19.8 Å². The molecular formula is C16H23NO2S. The fourth-order valence-electron chi connectivity index (χ4n) is 2.89. The Balaban J connectivity index is 1.97. The van der Waals surface area contributed by atoms with Crippen LogP contribution in [0.3, 0.4) is 0 Å². The van der Waals surface area contributed by atoms with Gasteiger partial charge in [-0.15, -0.1) is 11.8 Å². The van der Waals surface area contributed by atoms with Crippen molar-refractivity contribution >= 4 is 11.8 Å². The first-order valence-corrected chi connectivity index (χ1v) is 8.42. The van der Waals surface area contributed by atoms with Gasteiger partial charge in [0.05, 0.1) is 0 Å². The van der Waals surface area contributed by atoms with Crippen LogP contribution < -0.4 is 14.8 Å².